The van der Waals surface area contributed by atoms with Gasteiger partial charge >= 0.3 is 0 Å². The zero-order valence-electron chi connectivity index (χ0n) is 9.23. The van der Waals surface area contributed by atoms with E-state index < -0.39 is 0 Å². The van der Waals surface area contributed by atoms with E-state index >= 15 is 0 Å². The van der Waals surface area contributed by atoms with Crippen LogP contribution in [0.5, 0.6) is 0 Å². The summed E-state index contributed by atoms with van der Waals surface area (Å²) in [5, 5.41) is 13.7. The third-order valence-corrected chi connectivity index (χ3v) is 3.39. The number of fused-ring (bicyclic) bond motifs is 1. The Kier molecular flexibility index (Phi) is 3.30. The number of hydrogen-bond acceptors (Lipinski definition) is 4. The van der Waals surface area contributed by atoms with E-state index in [1.54, 1.807) is 11.3 Å². The molecule has 0 saturated heterocycles. The van der Waals surface area contributed by atoms with Gasteiger partial charge in [0.25, 0.3) is 0 Å². The fourth-order valence-corrected chi connectivity index (χ4v) is 2.48. The lowest BCUT2D eigenvalue weighted by Crippen LogP contribution is -1.91. The minimum absolute atomic E-state index is 0.876. The normalized spacial score (nSPS) is 11.3. The summed E-state index contributed by atoms with van der Waals surface area (Å²) in [5.41, 5.74) is 0. The molecule has 2 aromatic rings. The summed E-state index contributed by atoms with van der Waals surface area (Å²) >= 11 is 1.65. The Bertz CT molecular complexity index is 431. The van der Waals surface area contributed by atoms with Crippen LogP contribution in [-0.2, 0) is 6.42 Å². The SMILES string of the molecule is CCCCCCc1nn2c(C)nnc2s1. The molecule has 0 aliphatic rings. The van der Waals surface area contributed by atoms with E-state index in [2.05, 4.69) is 22.2 Å². The first-order valence-corrected chi connectivity index (χ1v) is 6.30. The van der Waals surface area contributed by atoms with E-state index in [1.165, 1.54) is 30.7 Å². The van der Waals surface area contributed by atoms with Crippen LogP contribution in [0.15, 0.2) is 0 Å². The second-order valence-electron chi connectivity index (χ2n) is 3.75. The number of rotatable bonds is 5. The Morgan fingerprint density at radius 3 is 2.80 bits per heavy atom. The van der Waals surface area contributed by atoms with Gasteiger partial charge in [0, 0.05) is 6.42 Å². The first-order valence-electron chi connectivity index (χ1n) is 5.49. The lowest BCUT2D eigenvalue weighted by molar-refractivity contribution is 0.660. The predicted molar refractivity (Wildman–Crippen MR) is 61.2 cm³/mol. The van der Waals surface area contributed by atoms with Crippen molar-refractivity contribution in [2.24, 2.45) is 0 Å². The largest absolute Gasteiger partial charge is 0.234 e. The Morgan fingerprint density at radius 1 is 1.20 bits per heavy atom. The summed E-state index contributed by atoms with van der Waals surface area (Å²) in [7, 11) is 0. The van der Waals surface area contributed by atoms with Crippen LogP contribution < -0.4 is 0 Å². The van der Waals surface area contributed by atoms with Gasteiger partial charge in [0.15, 0.2) is 5.82 Å². The first-order chi connectivity index (χ1) is 7.31. The third kappa shape index (κ3) is 2.34. The third-order valence-electron chi connectivity index (χ3n) is 2.43. The van der Waals surface area contributed by atoms with Crippen LogP contribution in [0, 0.1) is 6.92 Å². The number of hydrogen-bond donors (Lipinski definition) is 0. The van der Waals surface area contributed by atoms with Crippen LogP contribution in [0.2, 0.25) is 0 Å². The molecule has 5 heteroatoms. The maximum atomic E-state index is 4.48. The van der Waals surface area contributed by atoms with Crippen molar-refractivity contribution in [1.29, 1.82) is 0 Å². The summed E-state index contributed by atoms with van der Waals surface area (Å²) in [5.74, 6) is 0.876. The molecular weight excluding hydrogens is 208 g/mol. The average Bonchev–Trinajstić information content (AvgIpc) is 2.76. The van der Waals surface area contributed by atoms with Crippen molar-refractivity contribution >= 4 is 16.3 Å². The second-order valence-corrected chi connectivity index (χ2v) is 4.79. The van der Waals surface area contributed by atoms with Crippen LogP contribution in [0.25, 0.3) is 4.96 Å². The summed E-state index contributed by atoms with van der Waals surface area (Å²) in [4.78, 5) is 0.915. The molecule has 0 atom stereocenters. The van der Waals surface area contributed by atoms with Crippen LogP contribution in [0.3, 0.4) is 0 Å². The molecule has 0 N–H and O–H groups in total. The number of unbranched alkanes of at least 4 members (excludes halogenated alkanes) is 3. The molecule has 0 fully saturated rings. The predicted octanol–water partition coefficient (Wildman–Crippen LogP) is 2.62. The second kappa shape index (κ2) is 4.70. The van der Waals surface area contributed by atoms with Crippen LogP contribution >= 0.6 is 11.3 Å². The van der Waals surface area contributed by atoms with Gasteiger partial charge in [0.1, 0.15) is 5.01 Å². The maximum absolute atomic E-state index is 4.48. The van der Waals surface area contributed by atoms with Gasteiger partial charge in [-0.2, -0.15) is 9.61 Å². The van der Waals surface area contributed by atoms with E-state index in [-0.39, 0.29) is 0 Å². The highest BCUT2D eigenvalue weighted by atomic mass is 32.1. The molecule has 82 valence electrons. The molecule has 15 heavy (non-hydrogen) atoms. The lowest BCUT2D eigenvalue weighted by atomic mass is 10.2. The molecule has 0 spiro atoms. The summed E-state index contributed by atoms with van der Waals surface area (Å²) in [6.07, 6.45) is 6.22. The molecular formula is C10H16N4S. The molecule has 0 amide bonds. The molecule has 2 rings (SSSR count). The number of aromatic nitrogens is 4. The van der Waals surface area contributed by atoms with Gasteiger partial charge in [0.2, 0.25) is 4.96 Å². The van der Waals surface area contributed by atoms with E-state index in [4.69, 9.17) is 0 Å². The van der Waals surface area contributed by atoms with Gasteiger partial charge in [-0.1, -0.05) is 37.5 Å². The molecule has 0 aliphatic carbocycles. The topological polar surface area (TPSA) is 43.1 Å². The number of nitrogens with zero attached hydrogens (tertiary/aromatic N) is 4. The highest BCUT2D eigenvalue weighted by molar-refractivity contribution is 7.16. The van der Waals surface area contributed by atoms with Gasteiger partial charge in [-0.3, -0.25) is 0 Å². The number of aryl methyl sites for hydroxylation is 2. The first kappa shape index (κ1) is 10.5. The summed E-state index contributed by atoms with van der Waals surface area (Å²) in [6.45, 7) is 4.16. The fraction of sp³-hybridized carbons (Fsp3) is 0.700. The Morgan fingerprint density at radius 2 is 2.07 bits per heavy atom. The van der Waals surface area contributed by atoms with Crippen LogP contribution in [0.4, 0.5) is 0 Å². The van der Waals surface area contributed by atoms with E-state index in [9.17, 15) is 0 Å². The van der Waals surface area contributed by atoms with Crippen LogP contribution in [0.1, 0.15) is 43.4 Å². The van der Waals surface area contributed by atoms with E-state index in [0.717, 1.165) is 17.2 Å². The van der Waals surface area contributed by atoms with Gasteiger partial charge < -0.3 is 0 Å². The minimum Gasteiger partial charge on any atom is -0.188 e. The monoisotopic (exact) mass is 224 g/mol. The maximum Gasteiger partial charge on any atom is 0.234 e. The molecule has 0 unspecified atom stereocenters. The summed E-state index contributed by atoms with van der Waals surface area (Å²) < 4.78 is 1.83. The molecule has 0 bridgehead atoms. The fourth-order valence-electron chi connectivity index (χ4n) is 1.56. The molecule has 2 heterocycles. The van der Waals surface area contributed by atoms with Crippen molar-refractivity contribution in [3.05, 3.63) is 10.8 Å². The molecule has 0 aliphatic heterocycles. The molecule has 4 nitrogen and oxygen atoms in total. The lowest BCUT2D eigenvalue weighted by Gasteiger charge is -1.94. The van der Waals surface area contributed by atoms with Crippen molar-refractivity contribution in [1.82, 2.24) is 19.8 Å². The van der Waals surface area contributed by atoms with Gasteiger partial charge in [-0.15, -0.1) is 10.2 Å². The molecule has 2 aromatic heterocycles. The van der Waals surface area contributed by atoms with Gasteiger partial charge in [0.05, 0.1) is 0 Å². The minimum atomic E-state index is 0.876. The zero-order valence-corrected chi connectivity index (χ0v) is 10.0. The standard InChI is InChI=1S/C10H16N4S/c1-3-4-5-6-7-9-13-14-8(2)11-12-10(14)15-9/h3-7H2,1-2H3. The van der Waals surface area contributed by atoms with Gasteiger partial charge in [-0.05, 0) is 13.3 Å². The van der Waals surface area contributed by atoms with E-state index in [1.807, 2.05) is 11.4 Å². The van der Waals surface area contributed by atoms with Crippen molar-refractivity contribution in [3.63, 3.8) is 0 Å². The van der Waals surface area contributed by atoms with Crippen LogP contribution in [-0.4, -0.2) is 19.8 Å². The van der Waals surface area contributed by atoms with Crippen molar-refractivity contribution in [3.8, 4) is 0 Å². The highest BCUT2D eigenvalue weighted by Crippen LogP contribution is 2.16. The smallest absolute Gasteiger partial charge is 0.188 e. The Balaban J connectivity index is 1.97. The Labute approximate surface area is 93.3 Å². The van der Waals surface area contributed by atoms with Crippen molar-refractivity contribution in [2.75, 3.05) is 0 Å². The Hall–Kier alpha value is -0.970. The highest BCUT2D eigenvalue weighted by Gasteiger charge is 2.07. The quantitative estimate of drug-likeness (QED) is 0.733. The zero-order chi connectivity index (χ0) is 10.7. The van der Waals surface area contributed by atoms with E-state index in [0.29, 0.717) is 0 Å². The molecule has 0 aromatic carbocycles. The average molecular weight is 224 g/mol. The van der Waals surface area contributed by atoms with Crippen molar-refractivity contribution in [2.45, 2.75) is 46.0 Å². The molecule has 0 radical (unpaired) electrons. The van der Waals surface area contributed by atoms with Gasteiger partial charge in [-0.25, -0.2) is 0 Å². The summed E-state index contributed by atoms with van der Waals surface area (Å²) in [6, 6.07) is 0. The molecule has 0 saturated carbocycles. The van der Waals surface area contributed by atoms with Crippen molar-refractivity contribution < 1.29 is 0 Å².